The summed E-state index contributed by atoms with van der Waals surface area (Å²) in [5, 5.41) is 8.90. The van der Waals surface area contributed by atoms with Crippen molar-refractivity contribution < 1.29 is 9.90 Å². The van der Waals surface area contributed by atoms with Crippen molar-refractivity contribution in [3.8, 4) is 11.4 Å². The monoisotopic (exact) mass is 312 g/mol. The van der Waals surface area contributed by atoms with Crippen LogP contribution in [0.5, 0.6) is 0 Å². The van der Waals surface area contributed by atoms with E-state index in [1.54, 1.807) is 24.3 Å². The summed E-state index contributed by atoms with van der Waals surface area (Å²) < 4.78 is 0. The summed E-state index contributed by atoms with van der Waals surface area (Å²) in [6.45, 7) is 2.23. The van der Waals surface area contributed by atoms with Gasteiger partial charge in [-0.2, -0.15) is 0 Å². The molecule has 0 aliphatic heterocycles. The average molecular weight is 312 g/mol. The van der Waals surface area contributed by atoms with Gasteiger partial charge in [-0.05, 0) is 30.5 Å². The topological polar surface area (TPSA) is 63.1 Å². The summed E-state index contributed by atoms with van der Waals surface area (Å²) in [5.74, 6) is -0.291. The summed E-state index contributed by atoms with van der Waals surface area (Å²) in [6, 6.07) is 6.63. The summed E-state index contributed by atoms with van der Waals surface area (Å²) in [5.41, 5.74) is 2.26. The van der Waals surface area contributed by atoms with E-state index in [0.717, 1.165) is 17.5 Å². The average Bonchev–Trinajstić information content (AvgIpc) is 2.58. The zero-order valence-electron chi connectivity index (χ0n) is 13.7. The summed E-state index contributed by atoms with van der Waals surface area (Å²) in [7, 11) is 0. The number of carbonyl (C=O) groups is 1. The van der Waals surface area contributed by atoms with Gasteiger partial charge in [-0.3, -0.25) is 0 Å². The van der Waals surface area contributed by atoms with Crippen LogP contribution in [0.15, 0.2) is 36.7 Å². The van der Waals surface area contributed by atoms with Gasteiger partial charge in [0.2, 0.25) is 0 Å². The van der Waals surface area contributed by atoms with Crippen molar-refractivity contribution >= 4 is 5.97 Å². The highest BCUT2D eigenvalue weighted by atomic mass is 16.4. The van der Waals surface area contributed by atoms with Gasteiger partial charge in [0.25, 0.3) is 0 Å². The zero-order valence-corrected chi connectivity index (χ0v) is 13.7. The molecule has 0 saturated heterocycles. The number of hydrogen-bond donors (Lipinski definition) is 1. The summed E-state index contributed by atoms with van der Waals surface area (Å²) >= 11 is 0. The highest BCUT2D eigenvalue weighted by Crippen LogP contribution is 2.16. The van der Waals surface area contributed by atoms with Gasteiger partial charge in [0.05, 0.1) is 5.56 Å². The van der Waals surface area contributed by atoms with Crippen molar-refractivity contribution in [1.82, 2.24) is 9.97 Å². The van der Waals surface area contributed by atoms with Crippen molar-refractivity contribution in [2.24, 2.45) is 0 Å². The quantitative estimate of drug-likeness (QED) is 0.679. The number of hydrogen-bond acceptors (Lipinski definition) is 3. The van der Waals surface area contributed by atoms with Crippen molar-refractivity contribution in [3.63, 3.8) is 0 Å². The normalized spacial score (nSPS) is 10.7. The predicted molar refractivity (Wildman–Crippen MR) is 91.5 cm³/mol. The Bertz CT molecular complexity index is 606. The predicted octanol–water partition coefficient (Wildman–Crippen LogP) is 4.74. The first-order valence-electron chi connectivity index (χ1n) is 8.35. The van der Waals surface area contributed by atoms with E-state index in [2.05, 4.69) is 16.9 Å². The minimum atomic E-state index is -0.924. The molecule has 2 aromatic rings. The van der Waals surface area contributed by atoms with Crippen molar-refractivity contribution in [1.29, 1.82) is 0 Å². The van der Waals surface area contributed by atoms with Crippen LogP contribution in [-0.2, 0) is 6.42 Å². The first kappa shape index (κ1) is 17.1. The molecule has 0 atom stereocenters. The Morgan fingerprint density at radius 1 is 0.957 bits per heavy atom. The maximum Gasteiger partial charge on any atom is 0.335 e. The van der Waals surface area contributed by atoms with Crippen LogP contribution >= 0.6 is 0 Å². The molecule has 0 amide bonds. The first-order valence-corrected chi connectivity index (χ1v) is 8.35. The Hall–Kier alpha value is -2.23. The Kier molecular flexibility index (Phi) is 6.73. The fourth-order valence-corrected chi connectivity index (χ4v) is 2.50. The number of aromatic nitrogens is 2. The number of nitrogens with zero attached hydrogens (tertiary/aromatic N) is 2. The Balaban J connectivity index is 1.85. The van der Waals surface area contributed by atoms with Gasteiger partial charge < -0.3 is 5.11 Å². The number of benzene rings is 1. The molecular weight excluding hydrogens is 288 g/mol. The van der Waals surface area contributed by atoms with E-state index >= 15 is 0 Å². The molecule has 2 rings (SSSR count). The fraction of sp³-hybridized carbons (Fsp3) is 0.421. The fourth-order valence-electron chi connectivity index (χ4n) is 2.50. The van der Waals surface area contributed by atoms with Gasteiger partial charge in [-0.15, -0.1) is 0 Å². The second-order valence-corrected chi connectivity index (χ2v) is 5.82. The number of aromatic carboxylic acids is 1. The molecule has 1 heterocycles. The summed E-state index contributed by atoms with van der Waals surface area (Å²) in [4.78, 5) is 19.6. The molecule has 0 saturated carbocycles. The highest BCUT2D eigenvalue weighted by Gasteiger charge is 2.05. The van der Waals surface area contributed by atoms with Crippen molar-refractivity contribution in [2.45, 2.75) is 51.9 Å². The minimum Gasteiger partial charge on any atom is -0.478 e. The standard InChI is InChI=1S/C19H24N2O2/c1-2-3-4-5-6-7-8-15-13-20-18(21-14-15)16-9-11-17(12-10-16)19(22)23/h9-14H,2-8H2,1H3,(H,22,23). The Labute approximate surface area is 137 Å². The number of unbranched alkanes of at least 4 members (excludes halogenated alkanes) is 5. The van der Waals surface area contributed by atoms with E-state index in [9.17, 15) is 4.79 Å². The lowest BCUT2D eigenvalue weighted by atomic mass is 10.1. The molecule has 1 aromatic carbocycles. The smallest absolute Gasteiger partial charge is 0.335 e. The molecule has 0 radical (unpaired) electrons. The van der Waals surface area contributed by atoms with Crippen LogP contribution in [0.2, 0.25) is 0 Å². The van der Waals surface area contributed by atoms with E-state index in [0.29, 0.717) is 5.82 Å². The molecule has 4 heteroatoms. The summed E-state index contributed by atoms with van der Waals surface area (Å²) in [6.07, 6.45) is 12.5. The Morgan fingerprint density at radius 3 is 2.17 bits per heavy atom. The molecule has 4 nitrogen and oxygen atoms in total. The molecular formula is C19H24N2O2. The third-order valence-corrected chi connectivity index (χ3v) is 3.91. The minimum absolute atomic E-state index is 0.272. The molecule has 0 spiro atoms. The number of carboxylic acid groups (broad SMARTS) is 1. The molecule has 1 N–H and O–H groups in total. The molecule has 0 fully saturated rings. The second kappa shape index (κ2) is 9.03. The molecule has 0 unspecified atom stereocenters. The molecule has 1 aromatic heterocycles. The van der Waals surface area contributed by atoms with Gasteiger partial charge in [-0.1, -0.05) is 51.2 Å². The van der Waals surface area contributed by atoms with Crippen LogP contribution in [0.1, 0.15) is 61.4 Å². The van der Waals surface area contributed by atoms with Crippen LogP contribution in [0, 0.1) is 0 Å². The van der Waals surface area contributed by atoms with E-state index in [4.69, 9.17) is 5.11 Å². The maximum atomic E-state index is 10.8. The molecule has 23 heavy (non-hydrogen) atoms. The van der Waals surface area contributed by atoms with Crippen molar-refractivity contribution in [2.75, 3.05) is 0 Å². The van der Waals surface area contributed by atoms with Gasteiger partial charge in [-0.25, -0.2) is 14.8 Å². The number of rotatable bonds is 9. The van der Waals surface area contributed by atoms with Crippen LogP contribution in [0.3, 0.4) is 0 Å². The van der Waals surface area contributed by atoms with E-state index < -0.39 is 5.97 Å². The molecule has 122 valence electrons. The number of aryl methyl sites for hydroxylation is 1. The Morgan fingerprint density at radius 2 is 1.57 bits per heavy atom. The number of carboxylic acids is 1. The highest BCUT2D eigenvalue weighted by molar-refractivity contribution is 5.88. The second-order valence-electron chi connectivity index (χ2n) is 5.82. The van der Waals surface area contributed by atoms with Gasteiger partial charge >= 0.3 is 5.97 Å². The van der Waals surface area contributed by atoms with Crippen LogP contribution in [0.25, 0.3) is 11.4 Å². The van der Waals surface area contributed by atoms with Gasteiger partial charge in [0.15, 0.2) is 5.82 Å². The SMILES string of the molecule is CCCCCCCCc1cnc(-c2ccc(C(=O)O)cc2)nc1. The van der Waals surface area contributed by atoms with Crippen LogP contribution in [-0.4, -0.2) is 21.0 Å². The van der Waals surface area contributed by atoms with Gasteiger partial charge in [0, 0.05) is 18.0 Å². The zero-order chi connectivity index (χ0) is 16.5. The lowest BCUT2D eigenvalue weighted by Gasteiger charge is -2.04. The third-order valence-electron chi connectivity index (χ3n) is 3.91. The van der Waals surface area contributed by atoms with Crippen LogP contribution in [0.4, 0.5) is 0 Å². The van der Waals surface area contributed by atoms with E-state index in [1.165, 1.54) is 38.5 Å². The molecule has 0 bridgehead atoms. The lowest BCUT2D eigenvalue weighted by molar-refractivity contribution is 0.0697. The largest absolute Gasteiger partial charge is 0.478 e. The molecule has 0 aliphatic carbocycles. The molecule has 0 aliphatic rings. The maximum absolute atomic E-state index is 10.8. The van der Waals surface area contributed by atoms with Gasteiger partial charge in [0.1, 0.15) is 0 Å². The van der Waals surface area contributed by atoms with Crippen LogP contribution < -0.4 is 0 Å². The van der Waals surface area contributed by atoms with E-state index in [-0.39, 0.29) is 5.56 Å². The van der Waals surface area contributed by atoms with E-state index in [1.807, 2.05) is 12.4 Å². The first-order chi connectivity index (χ1) is 11.2. The van der Waals surface area contributed by atoms with Crippen molar-refractivity contribution in [3.05, 3.63) is 47.8 Å². The lowest BCUT2D eigenvalue weighted by Crippen LogP contribution is -1.96. The third kappa shape index (κ3) is 5.47.